The number of phenols is 2. The molecule has 1 aromatic rings. The van der Waals surface area contributed by atoms with Crippen LogP contribution in [-0.4, -0.2) is 39.3 Å². The summed E-state index contributed by atoms with van der Waals surface area (Å²) in [5, 5.41) is 27.9. The van der Waals surface area contributed by atoms with E-state index in [-0.39, 0.29) is 10.6 Å². The number of hydrogen-bond acceptors (Lipinski definition) is 5. The monoisotopic (exact) mass is 252 g/mol. The summed E-state index contributed by atoms with van der Waals surface area (Å²) in [4.78, 5) is 22.5. The van der Waals surface area contributed by atoms with Crippen LogP contribution in [-0.2, 0) is 9.59 Å². The van der Waals surface area contributed by atoms with Crippen molar-refractivity contribution in [3.05, 3.63) is 29.3 Å². The molecule has 0 atom stereocenters. The van der Waals surface area contributed by atoms with Crippen molar-refractivity contribution in [2.24, 2.45) is 5.73 Å². The molecule has 0 heterocycles. The summed E-state index contributed by atoms with van der Waals surface area (Å²) < 4.78 is 0. The van der Waals surface area contributed by atoms with Crippen LogP contribution in [0.2, 0.25) is 0 Å². The lowest BCUT2D eigenvalue weighted by molar-refractivity contribution is -0.155. The van der Waals surface area contributed by atoms with Crippen LogP contribution >= 0.6 is 0 Å². The molecule has 5 N–H and O–H groups in total. The van der Waals surface area contributed by atoms with E-state index in [0.29, 0.717) is 0 Å². The van der Waals surface area contributed by atoms with Crippen LogP contribution in [0.1, 0.15) is 5.56 Å². The Morgan fingerprint density at radius 1 is 1.33 bits per heavy atom. The number of nitrogens with two attached hydrogens (primary N) is 1. The second kappa shape index (κ2) is 5.19. The molecule has 0 fully saturated rings. The lowest BCUT2D eigenvalue weighted by Gasteiger charge is -2.09. The lowest BCUT2D eigenvalue weighted by Crippen LogP contribution is -2.31. The SMILES string of the molecule is CN(O)C(=O)/C(=C/c1cccc(O)c1O)C(N)=O. The standard InChI is InChI=1S/C11H12N2O5/c1-13(18)11(17)7(10(12)16)5-6-3-2-4-8(14)9(6)15/h2-5,14-15,18H,1H3,(H2,12,16)/b7-5+. The average molecular weight is 252 g/mol. The van der Waals surface area contributed by atoms with Crippen LogP contribution in [0.4, 0.5) is 0 Å². The van der Waals surface area contributed by atoms with E-state index < -0.39 is 28.9 Å². The first kappa shape index (κ1) is 13.5. The number of hydroxylamine groups is 2. The van der Waals surface area contributed by atoms with E-state index in [1.807, 2.05) is 0 Å². The van der Waals surface area contributed by atoms with Gasteiger partial charge in [0, 0.05) is 12.6 Å². The van der Waals surface area contributed by atoms with Gasteiger partial charge in [0.25, 0.3) is 11.8 Å². The van der Waals surface area contributed by atoms with E-state index in [0.717, 1.165) is 13.1 Å². The van der Waals surface area contributed by atoms with E-state index in [1.54, 1.807) is 0 Å². The number of hydrogen-bond donors (Lipinski definition) is 4. The Kier molecular flexibility index (Phi) is 3.90. The van der Waals surface area contributed by atoms with Gasteiger partial charge < -0.3 is 15.9 Å². The van der Waals surface area contributed by atoms with Crippen molar-refractivity contribution in [2.75, 3.05) is 7.05 Å². The molecule has 0 spiro atoms. The van der Waals surface area contributed by atoms with Gasteiger partial charge in [0.1, 0.15) is 5.57 Å². The van der Waals surface area contributed by atoms with E-state index in [4.69, 9.17) is 10.9 Å². The molecule has 0 aliphatic rings. The quantitative estimate of drug-likeness (QED) is 0.148. The molecular weight excluding hydrogens is 240 g/mol. The van der Waals surface area contributed by atoms with Crippen molar-refractivity contribution < 1.29 is 25.0 Å². The zero-order valence-corrected chi connectivity index (χ0v) is 9.49. The predicted molar refractivity (Wildman–Crippen MR) is 61.5 cm³/mol. The molecule has 7 nitrogen and oxygen atoms in total. The van der Waals surface area contributed by atoms with Crippen molar-refractivity contribution in [3.63, 3.8) is 0 Å². The number of carbonyl (C=O) groups excluding carboxylic acids is 2. The average Bonchev–Trinajstić information content (AvgIpc) is 2.29. The summed E-state index contributed by atoms with van der Waals surface area (Å²) in [5.74, 6) is -2.99. The smallest absolute Gasteiger partial charge is 0.282 e. The van der Waals surface area contributed by atoms with Crippen molar-refractivity contribution in [1.29, 1.82) is 0 Å². The fraction of sp³-hybridized carbons (Fsp3) is 0.0909. The lowest BCUT2D eigenvalue weighted by atomic mass is 10.1. The Bertz CT molecular complexity index is 522. The minimum absolute atomic E-state index is 0.0269. The van der Waals surface area contributed by atoms with Crippen LogP contribution in [0.3, 0.4) is 0 Å². The Labute approximate surface area is 102 Å². The summed E-state index contributed by atoms with van der Waals surface area (Å²) >= 11 is 0. The molecule has 96 valence electrons. The predicted octanol–water partition coefficient (Wildman–Crippen LogP) is -0.186. The third kappa shape index (κ3) is 2.77. The Hall–Kier alpha value is -2.54. The van der Waals surface area contributed by atoms with Crippen LogP contribution in [0.15, 0.2) is 23.8 Å². The molecule has 0 saturated heterocycles. The molecule has 0 saturated carbocycles. The third-order valence-electron chi connectivity index (χ3n) is 2.14. The first-order chi connectivity index (χ1) is 8.34. The van der Waals surface area contributed by atoms with E-state index in [2.05, 4.69) is 0 Å². The maximum absolute atomic E-state index is 11.4. The fourth-order valence-corrected chi connectivity index (χ4v) is 1.23. The number of carbonyl (C=O) groups is 2. The van der Waals surface area contributed by atoms with Crippen LogP contribution in [0, 0.1) is 0 Å². The van der Waals surface area contributed by atoms with Gasteiger partial charge in [0.15, 0.2) is 11.5 Å². The highest BCUT2D eigenvalue weighted by Crippen LogP contribution is 2.29. The highest BCUT2D eigenvalue weighted by Gasteiger charge is 2.19. The van der Waals surface area contributed by atoms with E-state index in [1.165, 1.54) is 18.2 Å². The normalized spacial score (nSPS) is 11.1. The first-order valence-corrected chi connectivity index (χ1v) is 4.84. The molecule has 7 heteroatoms. The van der Waals surface area contributed by atoms with Crippen molar-refractivity contribution in [3.8, 4) is 11.5 Å². The molecule has 0 radical (unpaired) electrons. The molecule has 1 rings (SSSR count). The highest BCUT2D eigenvalue weighted by molar-refractivity contribution is 6.20. The minimum Gasteiger partial charge on any atom is -0.504 e. The van der Waals surface area contributed by atoms with Crippen molar-refractivity contribution in [2.45, 2.75) is 0 Å². The topological polar surface area (TPSA) is 124 Å². The second-order valence-electron chi connectivity index (χ2n) is 3.47. The molecular formula is C11H12N2O5. The summed E-state index contributed by atoms with van der Waals surface area (Å²) in [7, 11) is 1.03. The van der Waals surface area contributed by atoms with Gasteiger partial charge in [-0.1, -0.05) is 12.1 Å². The van der Waals surface area contributed by atoms with Gasteiger partial charge in [-0.25, -0.2) is 5.06 Å². The summed E-state index contributed by atoms with van der Waals surface area (Å²) in [6, 6.07) is 4.01. The van der Waals surface area contributed by atoms with Gasteiger partial charge in [0.05, 0.1) is 0 Å². The highest BCUT2D eigenvalue weighted by atomic mass is 16.5. The van der Waals surface area contributed by atoms with Crippen LogP contribution in [0.5, 0.6) is 11.5 Å². The molecule has 0 aliphatic carbocycles. The summed E-state index contributed by atoms with van der Waals surface area (Å²) in [6.45, 7) is 0. The number of nitrogens with zero attached hydrogens (tertiary/aromatic N) is 1. The molecule has 0 aromatic heterocycles. The van der Waals surface area contributed by atoms with Crippen LogP contribution in [0.25, 0.3) is 6.08 Å². The van der Waals surface area contributed by atoms with Gasteiger partial charge in [-0.05, 0) is 12.1 Å². The Morgan fingerprint density at radius 3 is 2.44 bits per heavy atom. The van der Waals surface area contributed by atoms with Gasteiger partial charge in [-0.15, -0.1) is 0 Å². The van der Waals surface area contributed by atoms with Crippen LogP contribution < -0.4 is 5.73 Å². The summed E-state index contributed by atoms with van der Waals surface area (Å²) in [6.07, 6.45) is 0.979. The van der Waals surface area contributed by atoms with E-state index >= 15 is 0 Å². The zero-order valence-electron chi connectivity index (χ0n) is 9.49. The number of aromatic hydroxyl groups is 2. The van der Waals surface area contributed by atoms with Crippen molar-refractivity contribution in [1.82, 2.24) is 5.06 Å². The second-order valence-corrected chi connectivity index (χ2v) is 3.47. The van der Waals surface area contributed by atoms with Crippen molar-refractivity contribution >= 4 is 17.9 Å². The molecule has 1 aromatic carbocycles. The molecule has 0 bridgehead atoms. The first-order valence-electron chi connectivity index (χ1n) is 4.84. The Balaban J connectivity index is 3.30. The molecule has 2 amide bonds. The maximum Gasteiger partial charge on any atom is 0.282 e. The number of rotatable bonds is 3. The molecule has 0 unspecified atom stereocenters. The fourth-order valence-electron chi connectivity index (χ4n) is 1.23. The maximum atomic E-state index is 11.4. The number of primary amides is 1. The number of benzene rings is 1. The minimum atomic E-state index is -1.07. The van der Waals surface area contributed by atoms with Gasteiger partial charge in [-0.3, -0.25) is 14.8 Å². The number of amides is 2. The largest absolute Gasteiger partial charge is 0.504 e. The Morgan fingerprint density at radius 2 is 1.94 bits per heavy atom. The third-order valence-corrected chi connectivity index (χ3v) is 2.14. The van der Waals surface area contributed by atoms with Gasteiger partial charge in [-0.2, -0.15) is 0 Å². The van der Waals surface area contributed by atoms with Gasteiger partial charge >= 0.3 is 0 Å². The van der Waals surface area contributed by atoms with Gasteiger partial charge in [0.2, 0.25) is 0 Å². The number of phenolic OH excluding ortho intramolecular Hbond substituents is 2. The molecule has 18 heavy (non-hydrogen) atoms. The zero-order chi connectivity index (χ0) is 13.9. The summed E-state index contributed by atoms with van der Waals surface area (Å²) in [5.41, 5.74) is 4.50. The van der Waals surface area contributed by atoms with E-state index in [9.17, 15) is 19.8 Å². The molecule has 0 aliphatic heterocycles. The number of para-hydroxylation sites is 1. The number of likely N-dealkylation sites (N-methyl/N-ethyl adjacent to an activating group) is 1.